The summed E-state index contributed by atoms with van der Waals surface area (Å²) in [6.07, 6.45) is 0. The summed E-state index contributed by atoms with van der Waals surface area (Å²) in [6.45, 7) is 6.12. The number of carbonyl (C=O) groups excluding carboxylic acids is 1. The molecule has 0 spiro atoms. The molecule has 1 aromatic heterocycles. The summed E-state index contributed by atoms with van der Waals surface area (Å²) in [5.74, 6) is 0.353. The molecule has 3 aromatic rings. The first-order chi connectivity index (χ1) is 12.4. The first-order valence-electron chi connectivity index (χ1n) is 8.52. The second-order valence-corrected chi connectivity index (χ2v) is 7.56. The molecule has 1 N–H and O–H groups in total. The van der Waals surface area contributed by atoms with Crippen LogP contribution in [0, 0.1) is 0 Å². The van der Waals surface area contributed by atoms with E-state index in [9.17, 15) is 4.79 Å². The zero-order valence-electron chi connectivity index (χ0n) is 15.1. The van der Waals surface area contributed by atoms with Gasteiger partial charge in [0.15, 0.2) is 0 Å². The third kappa shape index (κ3) is 3.97. The van der Waals surface area contributed by atoms with E-state index in [2.05, 4.69) is 5.32 Å². The maximum Gasteiger partial charge on any atom is 0.248 e. The van der Waals surface area contributed by atoms with Gasteiger partial charge in [-0.1, -0.05) is 60.7 Å². The quantitative estimate of drug-likeness (QED) is 0.642. The lowest BCUT2D eigenvalue weighted by Crippen LogP contribution is -2.27. The van der Waals surface area contributed by atoms with E-state index < -0.39 is 5.38 Å². The average molecular weight is 368 g/mol. The highest BCUT2D eigenvalue weighted by Crippen LogP contribution is 2.29. The number of nitrogens with one attached hydrogen (secondary N) is 1. The van der Waals surface area contributed by atoms with Crippen molar-refractivity contribution in [2.24, 2.45) is 0 Å². The van der Waals surface area contributed by atoms with Crippen molar-refractivity contribution in [2.45, 2.75) is 31.7 Å². The van der Waals surface area contributed by atoms with Crippen LogP contribution in [0.3, 0.4) is 0 Å². The molecule has 1 atom stereocenters. The summed E-state index contributed by atoms with van der Waals surface area (Å²) in [5.41, 5.74) is 2.28. The summed E-state index contributed by atoms with van der Waals surface area (Å²) >= 11 is 6.36. The maximum atomic E-state index is 12.7. The van der Waals surface area contributed by atoms with E-state index in [0.717, 1.165) is 16.8 Å². The third-order valence-corrected chi connectivity index (χ3v) is 4.44. The van der Waals surface area contributed by atoms with Gasteiger partial charge in [-0.25, -0.2) is 4.68 Å². The molecule has 3 rings (SSSR count). The van der Waals surface area contributed by atoms with E-state index in [0.29, 0.717) is 5.82 Å². The molecule has 5 heteroatoms. The van der Waals surface area contributed by atoms with Crippen molar-refractivity contribution in [1.29, 1.82) is 0 Å². The Labute approximate surface area is 158 Å². The molecule has 0 aliphatic rings. The largest absolute Gasteiger partial charge is 0.309 e. The van der Waals surface area contributed by atoms with Crippen LogP contribution in [-0.4, -0.2) is 15.7 Å². The van der Waals surface area contributed by atoms with Crippen LogP contribution in [0.5, 0.6) is 0 Å². The number of amides is 1. The Hall–Kier alpha value is -2.59. The predicted octanol–water partition coefficient (Wildman–Crippen LogP) is 5.22. The summed E-state index contributed by atoms with van der Waals surface area (Å²) in [6, 6.07) is 21.1. The van der Waals surface area contributed by atoms with Crippen LogP contribution >= 0.6 is 11.6 Å². The van der Waals surface area contributed by atoms with Crippen LogP contribution in [0.4, 0.5) is 5.82 Å². The molecule has 1 amide bonds. The van der Waals surface area contributed by atoms with Crippen LogP contribution in [0.2, 0.25) is 0 Å². The summed E-state index contributed by atoms with van der Waals surface area (Å²) in [5, 5.41) is 6.87. The van der Waals surface area contributed by atoms with Crippen molar-refractivity contribution in [3.05, 3.63) is 72.3 Å². The number of anilines is 1. The number of hydrogen-bond acceptors (Lipinski definition) is 2. The topological polar surface area (TPSA) is 46.9 Å². The Bertz CT molecular complexity index is 883. The van der Waals surface area contributed by atoms with Gasteiger partial charge >= 0.3 is 0 Å². The van der Waals surface area contributed by atoms with E-state index >= 15 is 0 Å². The predicted molar refractivity (Wildman–Crippen MR) is 106 cm³/mol. The minimum Gasteiger partial charge on any atom is -0.309 e. The minimum absolute atomic E-state index is 0.275. The van der Waals surface area contributed by atoms with Gasteiger partial charge < -0.3 is 5.32 Å². The fourth-order valence-electron chi connectivity index (χ4n) is 2.69. The van der Waals surface area contributed by atoms with Gasteiger partial charge in [0.05, 0.1) is 11.2 Å². The van der Waals surface area contributed by atoms with Crippen molar-refractivity contribution < 1.29 is 4.79 Å². The molecule has 0 fully saturated rings. The number of carbonyl (C=O) groups is 1. The van der Waals surface area contributed by atoms with Gasteiger partial charge in [0.25, 0.3) is 0 Å². The molecule has 1 heterocycles. The van der Waals surface area contributed by atoms with Gasteiger partial charge in [-0.2, -0.15) is 5.10 Å². The van der Waals surface area contributed by atoms with Gasteiger partial charge in [0.1, 0.15) is 11.2 Å². The molecule has 0 radical (unpaired) electrons. The first kappa shape index (κ1) is 18.2. The summed E-state index contributed by atoms with van der Waals surface area (Å²) in [7, 11) is 0. The van der Waals surface area contributed by atoms with Crippen LogP contribution in [0.25, 0.3) is 11.3 Å². The molecule has 4 nitrogen and oxygen atoms in total. The monoisotopic (exact) mass is 367 g/mol. The smallest absolute Gasteiger partial charge is 0.248 e. The van der Waals surface area contributed by atoms with Crippen molar-refractivity contribution in [1.82, 2.24) is 9.78 Å². The normalized spacial score (nSPS) is 12.6. The van der Waals surface area contributed by atoms with Crippen LogP contribution in [0.15, 0.2) is 66.7 Å². The van der Waals surface area contributed by atoms with Gasteiger partial charge in [-0.3, -0.25) is 4.79 Å². The fourth-order valence-corrected chi connectivity index (χ4v) is 2.89. The zero-order chi connectivity index (χ0) is 18.7. The number of nitrogens with zero attached hydrogens (tertiary/aromatic N) is 2. The van der Waals surface area contributed by atoms with E-state index in [1.54, 1.807) is 0 Å². The molecule has 26 heavy (non-hydrogen) atoms. The summed E-state index contributed by atoms with van der Waals surface area (Å²) < 4.78 is 1.82. The lowest BCUT2D eigenvalue weighted by atomic mass is 10.1. The molecule has 0 aliphatic heterocycles. The number of halogens is 1. The van der Waals surface area contributed by atoms with Gasteiger partial charge in [-0.05, 0) is 26.3 Å². The Kier molecular flexibility index (Phi) is 5.14. The zero-order valence-corrected chi connectivity index (χ0v) is 15.9. The van der Waals surface area contributed by atoms with Gasteiger partial charge in [-0.15, -0.1) is 11.6 Å². The lowest BCUT2D eigenvalue weighted by Gasteiger charge is -2.23. The summed E-state index contributed by atoms with van der Waals surface area (Å²) in [4.78, 5) is 12.7. The highest BCUT2D eigenvalue weighted by Gasteiger charge is 2.24. The van der Waals surface area contributed by atoms with Crippen LogP contribution < -0.4 is 5.32 Å². The van der Waals surface area contributed by atoms with E-state index in [1.165, 1.54) is 0 Å². The molecular formula is C21H22ClN3O. The molecule has 0 aliphatic carbocycles. The fraction of sp³-hybridized carbons (Fsp3) is 0.238. The Morgan fingerprint density at radius 3 is 2.19 bits per heavy atom. The Balaban J connectivity index is 1.91. The highest BCUT2D eigenvalue weighted by atomic mass is 35.5. The molecule has 134 valence electrons. The number of alkyl halides is 1. The second-order valence-electron chi connectivity index (χ2n) is 7.13. The Morgan fingerprint density at radius 2 is 1.62 bits per heavy atom. The van der Waals surface area contributed by atoms with E-state index in [-0.39, 0.29) is 11.4 Å². The van der Waals surface area contributed by atoms with Crippen molar-refractivity contribution in [3.8, 4) is 11.3 Å². The average Bonchev–Trinajstić information content (AvgIpc) is 3.07. The van der Waals surface area contributed by atoms with Gasteiger partial charge in [0.2, 0.25) is 5.91 Å². The van der Waals surface area contributed by atoms with E-state index in [4.69, 9.17) is 16.7 Å². The van der Waals surface area contributed by atoms with E-state index in [1.807, 2.05) is 92.2 Å². The second kappa shape index (κ2) is 7.34. The number of benzene rings is 2. The molecule has 0 saturated carbocycles. The molecule has 2 aromatic carbocycles. The maximum absolute atomic E-state index is 12.7. The standard InChI is InChI=1S/C21H22ClN3O/c1-21(2,3)25-18(14-17(24-25)15-10-6-4-7-11-15)23-20(26)19(22)16-12-8-5-9-13-16/h4-14,19H,1-3H3,(H,23,26). The van der Waals surface area contributed by atoms with Crippen molar-refractivity contribution in [2.75, 3.05) is 5.32 Å². The first-order valence-corrected chi connectivity index (χ1v) is 8.96. The third-order valence-electron chi connectivity index (χ3n) is 3.99. The molecular weight excluding hydrogens is 346 g/mol. The van der Waals surface area contributed by atoms with Gasteiger partial charge in [0, 0.05) is 11.6 Å². The highest BCUT2D eigenvalue weighted by molar-refractivity contribution is 6.32. The SMILES string of the molecule is CC(C)(C)n1nc(-c2ccccc2)cc1NC(=O)C(Cl)c1ccccc1. The number of aromatic nitrogens is 2. The van der Waals surface area contributed by atoms with Crippen LogP contribution in [-0.2, 0) is 10.3 Å². The number of rotatable bonds is 4. The van der Waals surface area contributed by atoms with Crippen LogP contribution in [0.1, 0.15) is 31.7 Å². The molecule has 0 saturated heterocycles. The molecule has 0 bridgehead atoms. The van der Waals surface area contributed by atoms with Crippen molar-refractivity contribution >= 4 is 23.3 Å². The van der Waals surface area contributed by atoms with Crippen molar-refractivity contribution in [3.63, 3.8) is 0 Å². The Morgan fingerprint density at radius 1 is 1.04 bits per heavy atom. The molecule has 1 unspecified atom stereocenters. The lowest BCUT2D eigenvalue weighted by molar-refractivity contribution is -0.116. The number of hydrogen-bond donors (Lipinski definition) is 1. The minimum atomic E-state index is -0.764.